The Bertz CT molecular complexity index is 1880. The average molecular weight is 1030 g/mol. The van der Waals surface area contributed by atoms with Gasteiger partial charge in [-0.05, 0) is 74.5 Å². The second-order valence-electron chi connectivity index (χ2n) is 19.2. The number of nitrogen functional groups attached to an aromatic ring is 1. The molecule has 24 heteroatoms. The first kappa shape index (κ1) is 57.0. The van der Waals surface area contributed by atoms with Crippen molar-refractivity contribution in [1.29, 1.82) is 0 Å². The molecule has 0 aromatic carbocycles. The molecule has 5 fully saturated rings. The van der Waals surface area contributed by atoms with Gasteiger partial charge in [0.2, 0.25) is 5.91 Å². The Morgan fingerprint density at radius 2 is 1.14 bits per heavy atom. The Labute approximate surface area is 412 Å². The number of carbonyl (C=O) groups is 1. The molecule has 4 saturated carbocycles. The van der Waals surface area contributed by atoms with Crippen molar-refractivity contribution in [3.05, 3.63) is 12.7 Å². The van der Waals surface area contributed by atoms with Crippen LogP contribution in [0.25, 0.3) is 11.2 Å². The maximum Gasteiger partial charge on any atom is 0.268 e. The summed E-state index contributed by atoms with van der Waals surface area (Å²) in [6.07, 6.45) is 19.9. The number of phosphoric ester groups is 2. The number of aliphatic hydroxyl groups is 1. The van der Waals surface area contributed by atoms with Gasteiger partial charge in [-0.1, -0.05) is 51.4 Å². The molecule has 22 nitrogen and oxygen atoms in total. The lowest BCUT2D eigenvalue weighted by Gasteiger charge is -2.56. The molecule has 4 N–H and O–H groups in total. The highest BCUT2D eigenvalue weighted by Crippen LogP contribution is 2.61. The van der Waals surface area contributed by atoms with Crippen LogP contribution < -0.4 is 20.8 Å². The number of rotatable bonds is 40. The van der Waals surface area contributed by atoms with Gasteiger partial charge in [-0.15, -0.1) is 0 Å². The standard InChI is InChI=1S/C46H80N6O16P2/c47-44-43-45(50-34-49-44)52(35-51-43)42-28-39(53)40(68-42)33-67-70(57,58)66-24-22-63-20-18-61-16-14-59-13-15-60-17-19-62-21-23-65-69(55,56)64-12-10-8-6-4-2-1-3-5-7-9-11-48-41(54)32-46-29-36-25-37(30-46)27-38(26-36)31-46/h34-40,42,53H,1-33H2,(H,48,54)(H,55,56)(H,57,58)(H2,47,49,50)/p-2/t36?,37?,38?,39-,40+,42+,46?/m0/s1. The van der Waals surface area contributed by atoms with E-state index in [1.54, 1.807) is 4.57 Å². The summed E-state index contributed by atoms with van der Waals surface area (Å²) >= 11 is 0. The van der Waals surface area contributed by atoms with E-state index in [9.17, 15) is 28.8 Å². The fraction of sp³-hybridized carbons (Fsp3) is 0.870. The van der Waals surface area contributed by atoms with Gasteiger partial charge < -0.3 is 72.5 Å². The van der Waals surface area contributed by atoms with E-state index in [0.717, 1.165) is 62.8 Å². The van der Waals surface area contributed by atoms with E-state index in [2.05, 4.69) is 20.3 Å². The van der Waals surface area contributed by atoms with Gasteiger partial charge in [0.1, 0.15) is 24.2 Å². The highest BCUT2D eigenvalue weighted by atomic mass is 31.2. The molecule has 1 amide bonds. The summed E-state index contributed by atoms with van der Waals surface area (Å²) < 4.78 is 78.3. The maximum absolute atomic E-state index is 12.7. The summed E-state index contributed by atoms with van der Waals surface area (Å²) in [4.78, 5) is 49.2. The summed E-state index contributed by atoms with van der Waals surface area (Å²) in [6, 6.07) is 0. The van der Waals surface area contributed by atoms with Crippen LogP contribution in [-0.2, 0) is 60.4 Å². The van der Waals surface area contributed by atoms with Crippen LogP contribution in [0.3, 0.4) is 0 Å². The topological polar surface area (TPSA) is 292 Å². The SMILES string of the molecule is Nc1ncnc2c1ncn2[C@H]1C[C@H](O)[C@@H](COP(=O)([O-])OCCOCCOCCOCCOCCOCCOP(=O)([O-])OCCCCCCCCCCCCNC(=O)CC23CC4CC(CC(C4)C2)C3)O1. The van der Waals surface area contributed by atoms with Gasteiger partial charge in [0.15, 0.2) is 11.5 Å². The van der Waals surface area contributed by atoms with E-state index in [1.165, 1.54) is 76.9 Å². The number of hydrogen-bond acceptors (Lipinski definition) is 20. The van der Waals surface area contributed by atoms with Gasteiger partial charge in [-0.2, -0.15) is 0 Å². The van der Waals surface area contributed by atoms with Crippen LogP contribution in [-0.4, -0.2) is 142 Å². The van der Waals surface area contributed by atoms with Crippen molar-refractivity contribution >= 4 is 38.5 Å². The van der Waals surface area contributed by atoms with Crippen molar-refractivity contribution in [3.8, 4) is 0 Å². The van der Waals surface area contributed by atoms with Crippen LogP contribution in [0.5, 0.6) is 0 Å². The first-order chi connectivity index (χ1) is 33.9. The van der Waals surface area contributed by atoms with Gasteiger partial charge in [0.25, 0.3) is 15.6 Å². The van der Waals surface area contributed by atoms with Crippen molar-refractivity contribution < 1.29 is 75.3 Å². The first-order valence-corrected chi connectivity index (χ1v) is 28.4. The molecule has 2 aromatic heterocycles. The first-order valence-electron chi connectivity index (χ1n) is 25.5. The Morgan fingerprint density at radius 3 is 1.69 bits per heavy atom. The molecule has 0 spiro atoms. The maximum atomic E-state index is 12.7. The highest BCUT2D eigenvalue weighted by molar-refractivity contribution is 7.46. The molecule has 0 radical (unpaired) electrons. The van der Waals surface area contributed by atoms with Crippen molar-refractivity contribution in [2.75, 3.05) is 105 Å². The minimum Gasteiger partial charge on any atom is -0.756 e. The largest absolute Gasteiger partial charge is 0.756 e. The Hall–Kier alpha value is -2.24. The third kappa shape index (κ3) is 20.2. The number of nitrogens with zero attached hydrogens (tertiary/aromatic N) is 4. The number of imidazole rings is 1. The Morgan fingerprint density at radius 1 is 0.671 bits per heavy atom. The average Bonchev–Trinajstić information content (AvgIpc) is 3.92. The number of nitrogens with one attached hydrogen (secondary N) is 1. The van der Waals surface area contributed by atoms with E-state index in [4.69, 9.17) is 52.2 Å². The molecule has 5 atom stereocenters. The molecule has 2 unspecified atom stereocenters. The molecule has 5 aliphatic rings. The number of amides is 1. The number of nitrogens with two attached hydrogens (primary N) is 1. The zero-order valence-electron chi connectivity index (χ0n) is 40.8. The minimum atomic E-state index is -4.69. The molecule has 3 heterocycles. The predicted octanol–water partition coefficient (Wildman–Crippen LogP) is 4.77. The molecule has 400 valence electrons. The Balaban J connectivity index is 0.616. The third-order valence-corrected chi connectivity index (χ3v) is 15.5. The monoisotopic (exact) mass is 1030 g/mol. The number of ether oxygens (including phenoxy) is 6. The number of aromatic nitrogens is 4. The zero-order chi connectivity index (χ0) is 49.5. The summed E-state index contributed by atoms with van der Waals surface area (Å²) in [7, 11) is -9.06. The fourth-order valence-corrected chi connectivity index (χ4v) is 12.1. The number of aliphatic hydroxyl groups excluding tert-OH is 1. The molecule has 1 aliphatic heterocycles. The summed E-state index contributed by atoms with van der Waals surface area (Å²) in [6.45, 7) is 2.50. The number of unbranched alkanes of at least 4 members (excludes halogenated alkanes) is 9. The molecule has 4 bridgehead atoms. The summed E-state index contributed by atoms with van der Waals surface area (Å²) in [5.74, 6) is 3.14. The van der Waals surface area contributed by atoms with E-state index >= 15 is 0 Å². The summed E-state index contributed by atoms with van der Waals surface area (Å²) in [5, 5.41) is 13.6. The van der Waals surface area contributed by atoms with Gasteiger partial charge in [0.05, 0.1) is 105 Å². The van der Waals surface area contributed by atoms with E-state index in [-0.39, 0.29) is 71.0 Å². The molecular weight excluding hydrogens is 954 g/mol. The van der Waals surface area contributed by atoms with Crippen LogP contribution in [0, 0.1) is 23.2 Å². The number of phosphoric acid groups is 2. The van der Waals surface area contributed by atoms with E-state index in [1.807, 2.05) is 0 Å². The van der Waals surface area contributed by atoms with Gasteiger partial charge in [-0.25, -0.2) is 15.0 Å². The number of hydrogen-bond donors (Lipinski definition) is 3. The molecule has 4 aliphatic carbocycles. The van der Waals surface area contributed by atoms with Crippen molar-refractivity contribution in [2.24, 2.45) is 23.2 Å². The van der Waals surface area contributed by atoms with Gasteiger partial charge in [0, 0.05) is 19.4 Å². The molecule has 1 saturated heterocycles. The van der Waals surface area contributed by atoms with Crippen molar-refractivity contribution in [1.82, 2.24) is 24.8 Å². The third-order valence-electron chi connectivity index (χ3n) is 13.6. The molecule has 70 heavy (non-hydrogen) atoms. The summed E-state index contributed by atoms with van der Waals surface area (Å²) in [5.41, 5.74) is 6.95. The number of anilines is 1. The smallest absolute Gasteiger partial charge is 0.268 e. The Kier molecular flexibility index (Phi) is 24.6. The normalized spacial score (nSPS) is 25.7. The predicted molar refractivity (Wildman–Crippen MR) is 252 cm³/mol. The lowest BCUT2D eigenvalue weighted by atomic mass is 9.49. The quantitative estimate of drug-likeness (QED) is 0.0598. The minimum absolute atomic E-state index is 0.0185. The van der Waals surface area contributed by atoms with Crippen LogP contribution >= 0.6 is 15.6 Å². The van der Waals surface area contributed by atoms with Crippen LogP contribution in [0.1, 0.15) is 122 Å². The van der Waals surface area contributed by atoms with Crippen molar-refractivity contribution in [3.63, 3.8) is 0 Å². The van der Waals surface area contributed by atoms with Gasteiger partial charge >= 0.3 is 0 Å². The number of fused-ring (bicyclic) bond motifs is 1. The number of carbonyl (C=O) groups excluding carboxylic acids is 1. The molecule has 2 aromatic rings. The fourth-order valence-electron chi connectivity index (χ4n) is 10.7. The molecular formula is C46H78N6O16P2-2. The lowest BCUT2D eigenvalue weighted by Crippen LogP contribution is -2.48. The second kappa shape index (κ2) is 30.2. The molecule has 7 rings (SSSR count). The van der Waals surface area contributed by atoms with E-state index in [0.29, 0.717) is 56.0 Å². The van der Waals surface area contributed by atoms with Crippen LogP contribution in [0.4, 0.5) is 5.82 Å². The van der Waals surface area contributed by atoms with Gasteiger partial charge in [-0.3, -0.25) is 18.5 Å². The van der Waals surface area contributed by atoms with Crippen LogP contribution in [0.2, 0.25) is 0 Å². The zero-order valence-corrected chi connectivity index (χ0v) is 42.6. The van der Waals surface area contributed by atoms with E-state index < -0.39 is 40.7 Å². The second-order valence-corrected chi connectivity index (χ2v) is 22.1. The van der Waals surface area contributed by atoms with Crippen molar-refractivity contribution in [2.45, 2.75) is 134 Å². The highest BCUT2D eigenvalue weighted by Gasteiger charge is 2.51. The van der Waals surface area contributed by atoms with Crippen LogP contribution in [0.15, 0.2) is 12.7 Å². The lowest BCUT2D eigenvalue weighted by molar-refractivity contribution is -0.229.